The Morgan fingerprint density at radius 1 is 1.15 bits per heavy atom. The van der Waals surface area contributed by atoms with E-state index in [1.807, 2.05) is 20.8 Å². The van der Waals surface area contributed by atoms with Gasteiger partial charge in [-0.15, -0.1) is 0 Å². The van der Waals surface area contributed by atoms with Crippen LogP contribution in [0.2, 0.25) is 0 Å². The average molecular weight is 391 g/mol. The van der Waals surface area contributed by atoms with Crippen molar-refractivity contribution in [1.82, 2.24) is 5.32 Å². The molecular weight excluding hydrogens is 366 g/mol. The summed E-state index contributed by atoms with van der Waals surface area (Å²) in [5.74, 6) is 0.269. The van der Waals surface area contributed by atoms with Gasteiger partial charge in [-0.05, 0) is 63.2 Å². The molecule has 0 bridgehead atoms. The van der Waals surface area contributed by atoms with E-state index in [9.17, 15) is 13.2 Å². The first-order valence-electron chi connectivity index (χ1n) is 8.55. The van der Waals surface area contributed by atoms with E-state index in [-0.39, 0.29) is 17.3 Å². The topological polar surface area (TPSA) is 111 Å². The number of ether oxygens (including phenoxy) is 1. The second-order valence-electron chi connectivity index (χ2n) is 6.63. The van der Waals surface area contributed by atoms with Crippen LogP contribution in [0, 0.1) is 0 Å². The van der Waals surface area contributed by atoms with Gasteiger partial charge in [0, 0.05) is 23.3 Å². The molecule has 146 valence electrons. The van der Waals surface area contributed by atoms with Crippen molar-refractivity contribution in [1.29, 1.82) is 0 Å². The first-order chi connectivity index (χ1) is 12.7. The number of hydrogen-bond donors (Lipinski definition) is 3. The van der Waals surface area contributed by atoms with E-state index >= 15 is 0 Å². The van der Waals surface area contributed by atoms with Crippen LogP contribution < -0.4 is 20.5 Å². The van der Waals surface area contributed by atoms with E-state index in [2.05, 4.69) is 10.0 Å². The van der Waals surface area contributed by atoms with Crippen molar-refractivity contribution in [3.8, 4) is 5.75 Å². The Hall–Kier alpha value is -2.58. The van der Waals surface area contributed by atoms with Crippen LogP contribution in [0.15, 0.2) is 53.4 Å². The van der Waals surface area contributed by atoms with E-state index in [4.69, 9.17) is 10.5 Å². The molecule has 0 radical (unpaired) electrons. The third-order valence-corrected chi connectivity index (χ3v) is 5.18. The van der Waals surface area contributed by atoms with E-state index in [1.54, 1.807) is 30.3 Å². The number of rotatable bonds is 8. The summed E-state index contributed by atoms with van der Waals surface area (Å²) in [6, 6.07) is 12.4. The first-order valence-corrected chi connectivity index (χ1v) is 10.0. The molecule has 8 heteroatoms. The molecule has 2 rings (SSSR count). The maximum Gasteiger partial charge on any atom is 0.261 e. The van der Waals surface area contributed by atoms with Gasteiger partial charge in [-0.2, -0.15) is 0 Å². The fourth-order valence-electron chi connectivity index (χ4n) is 2.25. The number of hydrogen-bond acceptors (Lipinski definition) is 5. The molecule has 2 aromatic carbocycles. The van der Waals surface area contributed by atoms with Crippen LogP contribution in [0.5, 0.6) is 5.75 Å². The lowest BCUT2D eigenvalue weighted by Crippen LogP contribution is -2.48. The van der Waals surface area contributed by atoms with Gasteiger partial charge < -0.3 is 15.8 Å². The summed E-state index contributed by atoms with van der Waals surface area (Å²) in [4.78, 5) is 12.5. The Morgan fingerprint density at radius 3 is 2.41 bits per heavy atom. The lowest BCUT2D eigenvalue weighted by atomic mass is 10.1. The summed E-state index contributed by atoms with van der Waals surface area (Å²) in [5, 5.41) is 2.81. The summed E-state index contributed by atoms with van der Waals surface area (Å²) < 4.78 is 32.9. The van der Waals surface area contributed by atoms with Crippen molar-refractivity contribution in [2.24, 2.45) is 5.73 Å². The summed E-state index contributed by atoms with van der Waals surface area (Å²) in [7, 11) is -3.78. The highest BCUT2D eigenvalue weighted by Gasteiger charge is 2.20. The second-order valence-corrected chi connectivity index (χ2v) is 8.32. The lowest BCUT2D eigenvalue weighted by molar-refractivity contribution is 0.0915. The number of carbonyl (C=O) groups excluding carboxylic acids is 1. The Labute approximate surface area is 160 Å². The Kier molecular flexibility index (Phi) is 6.45. The van der Waals surface area contributed by atoms with Crippen molar-refractivity contribution >= 4 is 21.6 Å². The number of nitrogens with one attached hydrogen (secondary N) is 2. The molecule has 0 aliphatic carbocycles. The first kappa shape index (κ1) is 20.7. The molecule has 0 saturated carbocycles. The Bertz CT molecular complexity index is 893. The summed E-state index contributed by atoms with van der Waals surface area (Å²) >= 11 is 0. The average Bonchev–Trinajstić information content (AvgIpc) is 2.62. The standard InChI is InChI=1S/C19H25N3O4S/c1-4-26-16-8-10-17(11-9-16)27(24,25)22-15-7-5-6-14(12-15)18(23)21-19(2,3)13-20/h5-12,22H,4,13,20H2,1-3H3,(H,21,23). The zero-order chi connectivity index (χ0) is 20.1. The van der Waals surface area contributed by atoms with Gasteiger partial charge in [0.2, 0.25) is 0 Å². The number of sulfonamides is 1. The van der Waals surface area contributed by atoms with Crippen LogP contribution in [-0.2, 0) is 10.0 Å². The number of benzene rings is 2. The van der Waals surface area contributed by atoms with Crippen LogP contribution in [0.25, 0.3) is 0 Å². The fraction of sp³-hybridized carbons (Fsp3) is 0.316. The largest absolute Gasteiger partial charge is 0.494 e. The van der Waals surface area contributed by atoms with Gasteiger partial charge in [0.25, 0.3) is 15.9 Å². The fourth-order valence-corrected chi connectivity index (χ4v) is 3.30. The SMILES string of the molecule is CCOc1ccc(S(=O)(=O)Nc2cccc(C(=O)NC(C)(C)CN)c2)cc1. The molecular formula is C19H25N3O4S. The number of carbonyl (C=O) groups is 1. The zero-order valence-corrected chi connectivity index (χ0v) is 16.5. The molecule has 0 atom stereocenters. The van der Waals surface area contributed by atoms with Crippen LogP contribution in [0.4, 0.5) is 5.69 Å². The zero-order valence-electron chi connectivity index (χ0n) is 15.7. The van der Waals surface area contributed by atoms with Gasteiger partial charge in [-0.1, -0.05) is 6.07 Å². The molecule has 0 heterocycles. The minimum absolute atomic E-state index is 0.102. The minimum Gasteiger partial charge on any atom is -0.494 e. The molecule has 0 aliphatic rings. The van der Waals surface area contributed by atoms with Crippen LogP contribution in [0.1, 0.15) is 31.1 Å². The van der Waals surface area contributed by atoms with Crippen molar-refractivity contribution in [3.05, 3.63) is 54.1 Å². The van der Waals surface area contributed by atoms with E-state index in [0.717, 1.165) is 0 Å². The molecule has 0 unspecified atom stereocenters. The molecule has 4 N–H and O–H groups in total. The van der Waals surface area contributed by atoms with Gasteiger partial charge in [0.05, 0.1) is 11.5 Å². The van der Waals surface area contributed by atoms with E-state index in [1.165, 1.54) is 18.2 Å². The molecule has 7 nitrogen and oxygen atoms in total. The molecule has 0 aliphatic heterocycles. The predicted octanol–water partition coefficient (Wildman–Crippen LogP) is 2.35. The predicted molar refractivity (Wildman–Crippen MR) is 105 cm³/mol. The molecule has 0 saturated heterocycles. The third-order valence-electron chi connectivity index (χ3n) is 3.78. The van der Waals surface area contributed by atoms with Gasteiger partial charge in [0.15, 0.2) is 0 Å². The maximum atomic E-state index is 12.6. The Balaban J connectivity index is 2.18. The maximum absolute atomic E-state index is 12.6. The normalized spacial score (nSPS) is 11.7. The highest BCUT2D eigenvalue weighted by Crippen LogP contribution is 2.20. The van der Waals surface area contributed by atoms with Gasteiger partial charge in [-0.3, -0.25) is 9.52 Å². The highest BCUT2D eigenvalue weighted by molar-refractivity contribution is 7.92. The molecule has 0 aromatic heterocycles. The number of amides is 1. The van der Waals surface area contributed by atoms with Crippen molar-refractivity contribution in [3.63, 3.8) is 0 Å². The summed E-state index contributed by atoms with van der Waals surface area (Å²) in [6.07, 6.45) is 0. The molecule has 0 spiro atoms. The number of anilines is 1. The van der Waals surface area contributed by atoms with Crippen LogP contribution in [-0.4, -0.2) is 33.0 Å². The molecule has 1 amide bonds. The smallest absolute Gasteiger partial charge is 0.261 e. The van der Waals surface area contributed by atoms with Crippen molar-refractivity contribution in [2.75, 3.05) is 17.9 Å². The van der Waals surface area contributed by atoms with Gasteiger partial charge in [0.1, 0.15) is 5.75 Å². The monoisotopic (exact) mass is 391 g/mol. The van der Waals surface area contributed by atoms with Crippen LogP contribution >= 0.6 is 0 Å². The summed E-state index contributed by atoms with van der Waals surface area (Å²) in [5.41, 5.74) is 5.69. The molecule has 2 aromatic rings. The van der Waals surface area contributed by atoms with Crippen LogP contribution in [0.3, 0.4) is 0 Å². The van der Waals surface area contributed by atoms with Crippen molar-refractivity contribution < 1.29 is 17.9 Å². The third kappa shape index (κ3) is 5.70. The quantitative estimate of drug-likeness (QED) is 0.640. The second kappa shape index (κ2) is 8.41. The van der Waals surface area contributed by atoms with E-state index < -0.39 is 15.6 Å². The Morgan fingerprint density at radius 2 is 1.81 bits per heavy atom. The minimum atomic E-state index is -3.78. The number of nitrogens with two attached hydrogens (primary N) is 1. The lowest BCUT2D eigenvalue weighted by Gasteiger charge is -2.24. The van der Waals surface area contributed by atoms with Gasteiger partial charge in [-0.25, -0.2) is 8.42 Å². The summed E-state index contributed by atoms with van der Waals surface area (Å²) in [6.45, 7) is 6.25. The van der Waals surface area contributed by atoms with Gasteiger partial charge >= 0.3 is 0 Å². The van der Waals surface area contributed by atoms with E-state index in [0.29, 0.717) is 23.6 Å². The highest BCUT2D eigenvalue weighted by atomic mass is 32.2. The van der Waals surface area contributed by atoms with Crippen molar-refractivity contribution in [2.45, 2.75) is 31.2 Å². The molecule has 27 heavy (non-hydrogen) atoms. The molecule has 0 fully saturated rings.